The molecule has 0 fully saturated rings. The third-order valence-electron chi connectivity index (χ3n) is 4.90. The quantitative estimate of drug-likeness (QED) is 0.868. The monoisotopic (exact) mass is 283 g/mol. The van der Waals surface area contributed by atoms with E-state index >= 15 is 0 Å². The normalized spacial score (nSPS) is 18.2. The second-order valence-corrected chi connectivity index (χ2v) is 6.20. The molecule has 1 aromatic carbocycles. The summed E-state index contributed by atoms with van der Waals surface area (Å²) in [6.45, 7) is 9.50. The zero-order chi connectivity index (χ0) is 15.0. The van der Waals surface area contributed by atoms with Crippen LogP contribution in [0.5, 0.6) is 0 Å². The van der Waals surface area contributed by atoms with E-state index in [-0.39, 0.29) is 0 Å². The molecule has 0 saturated heterocycles. The van der Waals surface area contributed by atoms with Gasteiger partial charge in [-0.15, -0.1) is 0 Å². The second-order valence-electron chi connectivity index (χ2n) is 6.20. The molecule has 0 saturated carbocycles. The van der Waals surface area contributed by atoms with Crippen LogP contribution < -0.4 is 5.32 Å². The van der Waals surface area contributed by atoms with Crippen molar-refractivity contribution < 1.29 is 4.42 Å². The molecule has 1 aliphatic rings. The number of fused-ring (bicyclic) bond motifs is 1. The molecule has 112 valence electrons. The molecule has 1 heterocycles. The Labute approximate surface area is 127 Å². The number of aryl methyl sites for hydroxylation is 2. The Morgan fingerprint density at radius 1 is 1.19 bits per heavy atom. The average molecular weight is 283 g/mol. The van der Waals surface area contributed by atoms with Gasteiger partial charge in [-0.1, -0.05) is 31.2 Å². The molecule has 21 heavy (non-hydrogen) atoms. The molecule has 1 aromatic heterocycles. The number of hydrogen-bond acceptors (Lipinski definition) is 2. The predicted octanol–water partition coefficient (Wildman–Crippen LogP) is 4.59. The fourth-order valence-electron chi connectivity index (χ4n) is 3.73. The van der Waals surface area contributed by atoms with Crippen LogP contribution in [0, 0.1) is 20.8 Å². The topological polar surface area (TPSA) is 25.2 Å². The van der Waals surface area contributed by atoms with Crippen LogP contribution in [-0.2, 0) is 6.42 Å². The highest BCUT2D eigenvalue weighted by atomic mass is 16.3. The van der Waals surface area contributed by atoms with Gasteiger partial charge < -0.3 is 9.73 Å². The molecule has 0 radical (unpaired) electrons. The molecule has 0 aliphatic heterocycles. The van der Waals surface area contributed by atoms with Gasteiger partial charge in [-0.3, -0.25) is 0 Å². The van der Waals surface area contributed by atoms with Crippen LogP contribution in [0.25, 0.3) is 0 Å². The number of rotatable bonds is 5. The van der Waals surface area contributed by atoms with Gasteiger partial charge in [-0.2, -0.15) is 0 Å². The Kier molecular flexibility index (Phi) is 3.90. The SMILES string of the molecule is CCNC(CC1Cc2ccccc21)c1c(C)oc(C)c1C. The first-order chi connectivity index (χ1) is 10.1. The van der Waals surface area contributed by atoms with Gasteiger partial charge in [0, 0.05) is 11.6 Å². The zero-order valence-corrected chi connectivity index (χ0v) is 13.5. The first kappa shape index (κ1) is 14.4. The summed E-state index contributed by atoms with van der Waals surface area (Å²) in [5, 5.41) is 3.66. The maximum atomic E-state index is 5.84. The molecular weight excluding hydrogens is 258 g/mol. The van der Waals surface area contributed by atoms with Crippen molar-refractivity contribution in [3.8, 4) is 0 Å². The lowest BCUT2D eigenvalue weighted by Gasteiger charge is -2.33. The summed E-state index contributed by atoms with van der Waals surface area (Å²) < 4.78 is 5.84. The van der Waals surface area contributed by atoms with Crippen molar-refractivity contribution in [3.05, 3.63) is 58.0 Å². The molecule has 0 bridgehead atoms. The van der Waals surface area contributed by atoms with Gasteiger partial charge in [0.15, 0.2) is 0 Å². The zero-order valence-electron chi connectivity index (χ0n) is 13.5. The van der Waals surface area contributed by atoms with Crippen LogP contribution in [0.4, 0.5) is 0 Å². The minimum absolute atomic E-state index is 0.394. The summed E-state index contributed by atoms with van der Waals surface area (Å²) in [4.78, 5) is 0. The summed E-state index contributed by atoms with van der Waals surface area (Å²) >= 11 is 0. The lowest BCUT2D eigenvalue weighted by molar-refractivity contribution is 0.425. The van der Waals surface area contributed by atoms with E-state index in [4.69, 9.17) is 4.42 Å². The number of nitrogens with one attached hydrogen (secondary N) is 1. The highest BCUT2D eigenvalue weighted by Gasteiger charge is 2.30. The summed E-state index contributed by atoms with van der Waals surface area (Å²) in [6, 6.07) is 9.24. The molecule has 1 N–H and O–H groups in total. The number of furan rings is 1. The molecule has 2 atom stereocenters. The van der Waals surface area contributed by atoms with Crippen molar-refractivity contribution in [3.63, 3.8) is 0 Å². The lowest BCUT2D eigenvalue weighted by atomic mass is 9.73. The lowest BCUT2D eigenvalue weighted by Crippen LogP contribution is -2.27. The highest BCUT2D eigenvalue weighted by Crippen LogP contribution is 2.42. The van der Waals surface area contributed by atoms with Gasteiger partial charge in [0.2, 0.25) is 0 Å². The fourth-order valence-corrected chi connectivity index (χ4v) is 3.73. The van der Waals surface area contributed by atoms with Crippen molar-refractivity contribution in [1.29, 1.82) is 0 Å². The smallest absolute Gasteiger partial charge is 0.106 e. The minimum atomic E-state index is 0.394. The van der Waals surface area contributed by atoms with Gasteiger partial charge >= 0.3 is 0 Å². The highest BCUT2D eigenvalue weighted by molar-refractivity contribution is 5.41. The van der Waals surface area contributed by atoms with E-state index in [0.717, 1.165) is 24.5 Å². The van der Waals surface area contributed by atoms with Crippen LogP contribution in [-0.4, -0.2) is 6.54 Å². The minimum Gasteiger partial charge on any atom is -0.466 e. The van der Waals surface area contributed by atoms with E-state index in [1.807, 2.05) is 0 Å². The van der Waals surface area contributed by atoms with Crippen LogP contribution in [0.3, 0.4) is 0 Å². The standard InChI is InChI=1S/C19H25NO/c1-5-20-18(19-12(2)13(3)21-14(19)4)11-16-10-15-8-6-7-9-17(15)16/h6-9,16,18,20H,5,10-11H2,1-4H3. The van der Waals surface area contributed by atoms with E-state index in [2.05, 4.69) is 57.3 Å². The molecule has 0 spiro atoms. The van der Waals surface area contributed by atoms with Gasteiger partial charge in [0.05, 0.1) is 0 Å². The van der Waals surface area contributed by atoms with Crippen LogP contribution in [0.2, 0.25) is 0 Å². The summed E-state index contributed by atoms with van der Waals surface area (Å²) in [5.74, 6) is 2.81. The number of benzene rings is 1. The van der Waals surface area contributed by atoms with Crippen molar-refractivity contribution in [1.82, 2.24) is 5.32 Å². The fraction of sp³-hybridized carbons (Fsp3) is 0.474. The summed E-state index contributed by atoms with van der Waals surface area (Å²) in [6.07, 6.45) is 2.37. The predicted molar refractivity (Wildman–Crippen MR) is 86.8 cm³/mol. The maximum Gasteiger partial charge on any atom is 0.106 e. The summed E-state index contributed by atoms with van der Waals surface area (Å²) in [7, 11) is 0. The third kappa shape index (κ3) is 2.53. The Hall–Kier alpha value is -1.54. The second kappa shape index (κ2) is 5.69. The van der Waals surface area contributed by atoms with Crippen LogP contribution in [0.1, 0.15) is 59.1 Å². The first-order valence-electron chi connectivity index (χ1n) is 7.99. The van der Waals surface area contributed by atoms with E-state index < -0.39 is 0 Å². The molecule has 2 aromatic rings. The van der Waals surface area contributed by atoms with Gasteiger partial charge in [0.25, 0.3) is 0 Å². The molecule has 0 amide bonds. The average Bonchev–Trinajstić information content (AvgIpc) is 2.69. The number of hydrogen-bond donors (Lipinski definition) is 1. The third-order valence-corrected chi connectivity index (χ3v) is 4.90. The van der Waals surface area contributed by atoms with Crippen molar-refractivity contribution in [2.75, 3.05) is 6.54 Å². The van der Waals surface area contributed by atoms with E-state index in [1.165, 1.54) is 28.7 Å². The van der Waals surface area contributed by atoms with E-state index in [9.17, 15) is 0 Å². The molecule has 3 rings (SSSR count). The Morgan fingerprint density at radius 3 is 2.57 bits per heavy atom. The van der Waals surface area contributed by atoms with E-state index in [1.54, 1.807) is 0 Å². The van der Waals surface area contributed by atoms with E-state index in [0.29, 0.717) is 12.0 Å². The van der Waals surface area contributed by atoms with Crippen molar-refractivity contribution in [2.45, 2.75) is 52.5 Å². The largest absolute Gasteiger partial charge is 0.466 e. The molecular formula is C19H25NO. The van der Waals surface area contributed by atoms with Crippen molar-refractivity contribution >= 4 is 0 Å². The maximum absolute atomic E-state index is 5.84. The molecule has 2 nitrogen and oxygen atoms in total. The Bertz CT molecular complexity index is 641. The molecule has 2 unspecified atom stereocenters. The van der Waals surface area contributed by atoms with Crippen LogP contribution in [0.15, 0.2) is 28.7 Å². The van der Waals surface area contributed by atoms with Gasteiger partial charge in [0.1, 0.15) is 11.5 Å². The Balaban J connectivity index is 1.83. The molecule has 1 aliphatic carbocycles. The van der Waals surface area contributed by atoms with Crippen LogP contribution >= 0.6 is 0 Å². The molecule has 2 heteroatoms. The Morgan fingerprint density at radius 2 is 1.95 bits per heavy atom. The van der Waals surface area contributed by atoms with Gasteiger partial charge in [-0.25, -0.2) is 0 Å². The van der Waals surface area contributed by atoms with Gasteiger partial charge in [-0.05, 0) is 62.8 Å². The first-order valence-corrected chi connectivity index (χ1v) is 7.99. The van der Waals surface area contributed by atoms with Crippen molar-refractivity contribution in [2.24, 2.45) is 0 Å². The summed E-state index contributed by atoms with van der Waals surface area (Å²) in [5.41, 5.74) is 5.75.